The van der Waals surface area contributed by atoms with Gasteiger partial charge >= 0.3 is 5.69 Å². The van der Waals surface area contributed by atoms with Gasteiger partial charge in [-0.1, -0.05) is 29.8 Å². The Labute approximate surface area is 148 Å². The maximum absolute atomic E-state index is 12.3. The van der Waals surface area contributed by atoms with Crippen LogP contribution in [-0.2, 0) is 0 Å². The molecule has 0 fully saturated rings. The number of hydrogen-bond donors (Lipinski definition) is 2. The molecule has 0 atom stereocenters. The summed E-state index contributed by atoms with van der Waals surface area (Å²) in [6, 6.07) is 11.6. The summed E-state index contributed by atoms with van der Waals surface area (Å²) < 4.78 is 4.92. The maximum Gasteiger partial charge on any atom is 0.311 e. The minimum atomic E-state index is -0.613. The molecule has 2 aromatic carbocycles. The van der Waals surface area contributed by atoms with Crippen LogP contribution in [0.1, 0.15) is 15.9 Å². The Balaban J connectivity index is 1.79. The highest BCUT2D eigenvalue weighted by Gasteiger charge is 2.19. The third kappa shape index (κ3) is 3.51. The van der Waals surface area contributed by atoms with Gasteiger partial charge in [-0.2, -0.15) is 4.98 Å². The fourth-order valence-corrected chi connectivity index (χ4v) is 2.31. The first-order valence-corrected chi connectivity index (χ1v) is 7.61. The lowest BCUT2D eigenvalue weighted by molar-refractivity contribution is -0.385. The van der Waals surface area contributed by atoms with Crippen LogP contribution in [0.3, 0.4) is 0 Å². The molecule has 0 aliphatic heterocycles. The van der Waals surface area contributed by atoms with Crippen molar-refractivity contribution in [3.05, 3.63) is 63.7 Å². The Bertz CT molecular complexity index is 966. The fourth-order valence-electron chi connectivity index (χ4n) is 2.31. The van der Waals surface area contributed by atoms with Crippen molar-refractivity contribution in [1.29, 1.82) is 0 Å². The molecule has 0 saturated carbocycles. The molecule has 132 valence electrons. The van der Waals surface area contributed by atoms with Gasteiger partial charge < -0.3 is 4.74 Å². The Morgan fingerprint density at radius 3 is 2.62 bits per heavy atom. The molecule has 0 spiro atoms. The molecule has 26 heavy (non-hydrogen) atoms. The number of nitrogens with one attached hydrogen (secondary N) is 2. The lowest BCUT2D eigenvalue weighted by atomic mass is 10.1. The molecule has 0 unspecified atom stereocenters. The van der Waals surface area contributed by atoms with E-state index in [1.807, 2.05) is 31.2 Å². The van der Waals surface area contributed by atoms with Gasteiger partial charge in [0.05, 0.1) is 12.0 Å². The van der Waals surface area contributed by atoms with Gasteiger partial charge in [-0.15, -0.1) is 5.10 Å². The average Bonchev–Trinajstić information content (AvgIpc) is 3.10. The Kier molecular flexibility index (Phi) is 4.61. The molecule has 0 saturated heterocycles. The zero-order valence-electron chi connectivity index (χ0n) is 14.0. The van der Waals surface area contributed by atoms with E-state index in [2.05, 4.69) is 20.5 Å². The quantitative estimate of drug-likeness (QED) is 0.537. The number of H-pyrrole nitrogens is 1. The predicted molar refractivity (Wildman–Crippen MR) is 94.2 cm³/mol. The first-order chi connectivity index (χ1) is 12.5. The standard InChI is InChI=1S/C17H15N5O4/c1-10-3-5-11(6-4-10)15-18-17(21-20-15)19-16(23)12-7-8-14(26-2)13(9-12)22(24)25/h3-9H,1-2H3,(H2,18,19,20,21,23). The molecule has 1 aromatic heterocycles. The second kappa shape index (κ2) is 7.01. The summed E-state index contributed by atoms with van der Waals surface area (Å²) in [5, 5.41) is 20.3. The number of aromatic nitrogens is 3. The van der Waals surface area contributed by atoms with Crippen LogP contribution < -0.4 is 10.1 Å². The van der Waals surface area contributed by atoms with E-state index in [1.54, 1.807) is 0 Å². The van der Waals surface area contributed by atoms with Crippen LogP contribution in [0.15, 0.2) is 42.5 Å². The number of nitro groups is 1. The Morgan fingerprint density at radius 2 is 1.96 bits per heavy atom. The molecule has 3 rings (SSSR count). The zero-order chi connectivity index (χ0) is 18.7. The first kappa shape index (κ1) is 17.1. The fraction of sp³-hybridized carbons (Fsp3) is 0.118. The van der Waals surface area contributed by atoms with Crippen LogP contribution >= 0.6 is 0 Å². The highest BCUT2D eigenvalue weighted by Crippen LogP contribution is 2.27. The third-order valence-corrected chi connectivity index (χ3v) is 3.67. The number of carbonyl (C=O) groups is 1. The van der Waals surface area contributed by atoms with Gasteiger partial charge in [-0.25, -0.2) is 0 Å². The number of nitrogens with zero attached hydrogens (tertiary/aromatic N) is 3. The van der Waals surface area contributed by atoms with Crippen molar-refractivity contribution < 1.29 is 14.5 Å². The summed E-state index contributed by atoms with van der Waals surface area (Å²) in [5.74, 6) is 0.0846. The molecule has 0 bridgehead atoms. The molecule has 2 N–H and O–H groups in total. The molecular weight excluding hydrogens is 338 g/mol. The van der Waals surface area contributed by atoms with Crippen molar-refractivity contribution in [3.63, 3.8) is 0 Å². The average molecular weight is 353 g/mol. The number of rotatable bonds is 5. The number of carbonyl (C=O) groups excluding carboxylic acids is 1. The van der Waals surface area contributed by atoms with E-state index in [-0.39, 0.29) is 22.9 Å². The topological polar surface area (TPSA) is 123 Å². The highest BCUT2D eigenvalue weighted by molar-refractivity contribution is 6.04. The van der Waals surface area contributed by atoms with E-state index >= 15 is 0 Å². The number of nitro benzene ring substituents is 1. The summed E-state index contributed by atoms with van der Waals surface area (Å²) in [5.41, 5.74) is 1.74. The number of methoxy groups -OCH3 is 1. The van der Waals surface area contributed by atoms with E-state index in [4.69, 9.17) is 4.74 Å². The number of amides is 1. The molecule has 9 nitrogen and oxygen atoms in total. The van der Waals surface area contributed by atoms with E-state index in [9.17, 15) is 14.9 Å². The number of aromatic amines is 1. The lowest BCUT2D eigenvalue weighted by Crippen LogP contribution is -2.13. The van der Waals surface area contributed by atoms with Gasteiger partial charge in [0.15, 0.2) is 11.6 Å². The number of ether oxygens (including phenoxy) is 1. The third-order valence-electron chi connectivity index (χ3n) is 3.67. The molecule has 3 aromatic rings. The van der Waals surface area contributed by atoms with E-state index in [0.29, 0.717) is 5.82 Å². The zero-order valence-corrected chi connectivity index (χ0v) is 14.0. The molecule has 0 radical (unpaired) electrons. The first-order valence-electron chi connectivity index (χ1n) is 7.61. The van der Waals surface area contributed by atoms with Crippen LogP contribution in [0.5, 0.6) is 5.75 Å². The minimum Gasteiger partial charge on any atom is -0.490 e. The van der Waals surface area contributed by atoms with E-state index in [1.165, 1.54) is 19.2 Å². The van der Waals surface area contributed by atoms with Crippen molar-refractivity contribution in [1.82, 2.24) is 15.2 Å². The number of benzene rings is 2. The van der Waals surface area contributed by atoms with Crippen molar-refractivity contribution in [2.45, 2.75) is 6.92 Å². The van der Waals surface area contributed by atoms with Crippen molar-refractivity contribution in [2.24, 2.45) is 0 Å². The monoisotopic (exact) mass is 353 g/mol. The van der Waals surface area contributed by atoms with Crippen LogP contribution in [0, 0.1) is 17.0 Å². The van der Waals surface area contributed by atoms with Crippen LogP contribution in [0.25, 0.3) is 11.4 Å². The van der Waals surface area contributed by atoms with Crippen molar-refractivity contribution in [3.8, 4) is 17.1 Å². The van der Waals surface area contributed by atoms with Gasteiger partial charge in [0, 0.05) is 17.2 Å². The minimum absolute atomic E-state index is 0.0732. The molecule has 9 heteroatoms. The number of aryl methyl sites for hydroxylation is 1. The van der Waals surface area contributed by atoms with Crippen molar-refractivity contribution in [2.75, 3.05) is 12.4 Å². The van der Waals surface area contributed by atoms with Gasteiger partial charge in [0.25, 0.3) is 5.91 Å². The second-order valence-electron chi connectivity index (χ2n) is 5.47. The summed E-state index contributed by atoms with van der Waals surface area (Å²) in [6.07, 6.45) is 0. The molecule has 0 aliphatic carbocycles. The van der Waals surface area contributed by atoms with Gasteiger partial charge in [0.1, 0.15) is 0 Å². The summed E-state index contributed by atoms with van der Waals surface area (Å²) in [7, 11) is 1.32. The highest BCUT2D eigenvalue weighted by atomic mass is 16.6. The van der Waals surface area contributed by atoms with E-state index in [0.717, 1.165) is 17.2 Å². The number of anilines is 1. The van der Waals surface area contributed by atoms with Crippen LogP contribution in [0.4, 0.5) is 11.6 Å². The Hall–Kier alpha value is -3.75. The largest absolute Gasteiger partial charge is 0.490 e. The SMILES string of the molecule is COc1ccc(C(=O)Nc2n[nH]c(-c3ccc(C)cc3)n2)cc1[N+](=O)[O-]. The summed E-state index contributed by atoms with van der Waals surface area (Å²) in [4.78, 5) is 27.0. The molecular formula is C17H15N5O4. The second-order valence-corrected chi connectivity index (χ2v) is 5.47. The van der Waals surface area contributed by atoms with Gasteiger partial charge in [-0.3, -0.25) is 25.3 Å². The predicted octanol–water partition coefficient (Wildman–Crippen LogP) is 2.95. The summed E-state index contributed by atoms with van der Waals surface area (Å²) in [6.45, 7) is 1.98. The van der Waals surface area contributed by atoms with Gasteiger partial charge in [0.2, 0.25) is 5.95 Å². The molecule has 1 heterocycles. The summed E-state index contributed by atoms with van der Waals surface area (Å²) >= 11 is 0. The van der Waals surface area contributed by atoms with E-state index < -0.39 is 10.8 Å². The van der Waals surface area contributed by atoms with Crippen LogP contribution in [-0.4, -0.2) is 33.1 Å². The van der Waals surface area contributed by atoms with Crippen LogP contribution in [0.2, 0.25) is 0 Å². The lowest BCUT2D eigenvalue weighted by Gasteiger charge is -2.04. The number of hydrogen-bond acceptors (Lipinski definition) is 6. The van der Waals surface area contributed by atoms with Crippen molar-refractivity contribution >= 4 is 17.5 Å². The smallest absolute Gasteiger partial charge is 0.311 e. The normalized spacial score (nSPS) is 10.4. The molecule has 0 aliphatic rings. The molecule has 1 amide bonds. The Morgan fingerprint density at radius 1 is 1.23 bits per heavy atom. The maximum atomic E-state index is 12.3. The van der Waals surface area contributed by atoms with Gasteiger partial charge in [-0.05, 0) is 19.1 Å².